The van der Waals surface area contributed by atoms with E-state index in [9.17, 15) is 0 Å². The molecule has 106 valence electrons. The van der Waals surface area contributed by atoms with Crippen LogP contribution in [0, 0.1) is 0 Å². The second-order valence-corrected chi connectivity index (χ2v) is 4.32. The second kappa shape index (κ2) is 9.39. The van der Waals surface area contributed by atoms with Gasteiger partial charge in [0, 0.05) is 33.9 Å². The number of aryl methyl sites for hydroxylation is 1. The minimum Gasteiger partial charge on any atom is -0.385 e. The summed E-state index contributed by atoms with van der Waals surface area (Å²) in [4.78, 5) is 4.21. The fourth-order valence-corrected chi connectivity index (χ4v) is 1.90. The highest BCUT2D eigenvalue weighted by molar-refractivity contribution is 5.79. The van der Waals surface area contributed by atoms with Gasteiger partial charge in [-0.05, 0) is 24.0 Å². The van der Waals surface area contributed by atoms with Gasteiger partial charge in [-0.15, -0.1) is 0 Å². The highest BCUT2D eigenvalue weighted by atomic mass is 16.5. The molecule has 0 amide bonds. The largest absolute Gasteiger partial charge is 0.385 e. The molecule has 2 N–H and O–H groups in total. The lowest BCUT2D eigenvalue weighted by atomic mass is 10.1. The number of hydrogen-bond donors (Lipinski definition) is 2. The molecule has 0 saturated carbocycles. The predicted octanol–water partition coefficient (Wildman–Crippen LogP) is 1.95. The standard InChI is InChI=1S/C15H25N3O/c1-4-13-8-5-6-9-14(13)12-18-15(16-2)17-10-7-11-19-3/h5-6,8-9H,4,7,10-12H2,1-3H3,(H2,16,17,18). The third kappa shape index (κ3) is 5.75. The van der Waals surface area contributed by atoms with Crippen molar-refractivity contribution in [2.45, 2.75) is 26.3 Å². The molecule has 0 atom stereocenters. The van der Waals surface area contributed by atoms with E-state index in [1.807, 2.05) is 0 Å². The molecule has 1 aromatic rings. The van der Waals surface area contributed by atoms with Gasteiger partial charge in [0.2, 0.25) is 0 Å². The number of rotatable bonds is 7. The van der Waals surface area contributed by atoms with Gasteiger partial charge in [0.25, 0.3) is 0 Å². The summed E-state index contributed by atoms with van der Waals surface area (Å²) >= 11 is 0. The zero-order valence-corrected chi connectivity index (χ0v) is 12.2. The maximum absolute atomic E-state index is 5.02. The molecule has 0 aliphatic rings. The third-order valence-corrected chi connectivity index (χ3v) is 2.99. The predicted molar refractivity (Wildman–Crippen MR) is 80.5 cm³/mol. The summed E-state index contributed by atoms with van der Waals surface area (Å²) in [6.45, 7) is 4.61. The molecule has 0 unspecified atom stereocenters. The molecule has 1 aromatic carbocycles. The van der Waals surface area contributed by atoms with Gasteiger partial charge in [-0.25, -0.2) is 0 Å². The maximum atomic E-state index is 5.02. The van der Waals surface area contributed by atoms with E-state index >= 15 is 0 Å². The molecule has 1 rings (SSSR count). The Bertz CT molecular complexity index is 391. The van der Waals surface area contributed by atoms with E-state index in [-0.39, 0.29) is 0 Å². The zero-order chi connectivity index (χ0) is 13.9. The van der Waals surface area contributed by atoms with Crippen molar-refractivity contribution in [3.63, 3.8) is 0 Å². The fourth-order valence-electron chi connectivity index (χ4n) is 1.90. The van der Waals surface area contributed by atoms with Gasteiger partial charge in [-0.1, -0.05) is 31.2 Å². The molecule has 0 heterocycles. The maximum Gasteiger partial charge on any atom is 0.191 e. The first-order chi connectivity index (χ1) is 9.31. The number of hydrogen-bond acceptors (Lipinski definition) is 2. The Labute approximate surface area is 116 Å². The molecule has 19 heavy (non-hydrogen) atoms. The summed E-state index contributed by atoms with van der Waals surface area (Å²) < 4.78 is 5.02. The quantitative estimate of drug-likeness (QED) is 0.449. The Morgan fingerprint density at radius 1 is 1.21 bits per heavy atom. The van der Waals surface area contributed by atoms with Crippen molar-refractivity contribution >= 4 is 5.96 Å². The number of ether oxygens (including phenoxy) is 1. The summed E-state index contributed by atoms with van der Waals surface area (Å²) in [6.07, 6.45) is 2.03. The van der Waals surface area contributed by atoms with Crippen LogP contribution in [0.5, 0.6) is 0 Å². The van der Waals surface area contributed by atoms with Crippen molar-refractivity contribution in [2.75, 3.05) is 27.3 Å². The third-order valence-electron chi connectivity index (χ3n) is 2.99. The lowest BCUT2D eigenvalue weighted by Crippen LogP contribution is -2.37. The zero-order valence-electron chi connectivity index (χ0n) is 12.2. The van der Waals surface area contributed by atoms with Gasteiger partial charge < -0.3 is 15.4 Å². The van der Waals surface area contributed by atoms with Crippen LogP contribution in [-0.4, -0.2) is 33.3 Å². The second-order valence-electron chi connectivity index (χ2n) is 4.32. The van der Waals surface area contributed by atoms with Crippen molar-refractivity contribution in [2.24, 2.45) is 4.99 Å². The first kappa shape index (κ1) is 15.5. The van der Waals surface area contributed by atoms with Crippen LogP contribution < -0.4 is 10.6 Å². The number of aliphatic imine (C=N–C) groups is 1. The summed E-state index contributed by atoms with van der Waals surface area (Å²) in [5.74, 6) is 0.835. The van der Waals surface area contributed by atoms with E-state index in [2.05, 4.69) is 46.8 Å². The van der Waals surface area contributed by atoms with Crippen molar-refractivity contribution in [3.8, 4) is 0 Å². The summed E-state index contributed by atoms with van der Waals surface area (Å²) in [6, 6.07) is 8.49. The van der Waals surface area contributed by atoms with Crippen molar-refractivity contribution in [1.82, 2.24) is 10.6 Å². The molecule has 0 aliphatic carbocycles. The molecule has 0 radical (unpaired) electrons. The monoisotopic (exact) mass is 263 g/mol. The van der Waals surface area contributed by atoms with Crippen molar-refractivity contribution in [3.05, 3.63) is 35.4 Å². The van der Waals surface area contributed by atoms with Gasteiger partial charge >= 0.3 is 0 Å². The van der Waals surface area contributed by atoms with Crippen LogP contribution >= 0.6 is 0 Å². The first-order valence-electron chi connectivity index (χ1n) is 6.82. The Morgan fingerprint density at radius 2 is 1.95 bits per heavy atom. The van der Waals surface area contributed by atoms with Gasteiger partial charge in [0.05, 0.1) is 0 Å². The first-order valence-corrected chi connectivity index (χ1v) is 6.82. The van der Waals surface area contributed by atoms with E-state index in [0.29, 0.717) is 0 Å². The van der Waals surface area contributed by atoms with Crippen LogP contribution in [0.4, 0.5) is 0 Å². The lowest BCUT2D eigenvalue weighted by Gasteiger charge is -2.13. The molecule has 0 saturated heterocycles. The number of methoxy groups -OCH3 is 1. The van der Waals surface area contributed by atoms with Crippen molar-refractivity contribution < 1.29 is 4.74 Å². The normalized spacial score (nSPS) is 11.4. The van der Waals surface area contributed by atoms with Gasteiger partial charge in [0.1, 0.15) is 0 Å². The minimum atomic E-state index is 0.767. The van der Waals surface area contributed by atoms with Gasteiger partial charge in [-0.2, -0.15) is 0 Å². The topological polar surface area (TPSA) is 45.7 Å². The van der Waals surface area contributed by atoms with E-state index in [4.69, 9.17) is 4.74 Å². The molecular formula is C15H25N3O. The molecule has 0 aromatic heterocycles. The summed E-state index contributed by atoms with van der Waals surface area (Å²) in [5, 5.41) is 6.61. The van der Waals surface area contributed by atoms with E-state index < -0.39 is 0 Å². The Morgan fingerprint density at radius 3 is 2.58 bits per heavy atom. The Hall–Kier alpha value is -1.55. The smallest absolute Gasteiger partial charge is 0.191 e. The van der Waals surface area contributed by atoms with Crippen LogP contribution in [-0.2, 0) is 17.7 Å². The number of nitrogens with zero attached hydrogens (tertiary/aromatic N) is 1. The molecule has 0 spiro atoms. The van der Waals surface area contributed by atoms with Crippen LogP contribution in [0.25, 0.3) is 0 Å². The van der Waals surface area contributed by atoms with E-state index in [0.717, 1.165) is 38.5 Å². The summed E-state index contributed by atoms with van der Waals surface area (Å²) in [7, 11) is 3.51. The van der Waals surface area contributed by atoms with Crippen LogP contribution in [0.2, 0.25) is 0 Å². The highest BCUT2D eigenvalue weighted by Crippen LogP contribution is 2.08. The number of nitrogens with one attached hydrogen (secondary N) is 2. The van der Waals surface area contributed by atoms with E-state index in [1.165, 1.54) is 11.1 Å². The minimum absolute atomic E-state index is 0.767. The Kier molecular flexibility index (Phi) is 7.66. The van der Waals surface area contributed by atoms with Gasteiger partial charge in [0.15, 0.2) is 5.96 Å². The SMILES string of the molecule is CCc1ccccc1CNC(=NC)NCCCOC. The van der Waals surface area contributed by atoms with E-state index in [1.54, 1.807) is 14.2 Å². The van der Waals surface area contributed by atoms with Crippen LogP contribution in [0.3, 0.4) is 0 Å². The highest BCUT2D eigenvalue weighted by Gasteiger charge is 2.01. The molecule has 0 fully saturated rings. The Balaban J connectivity index is 2.40. The number of guanidine groups is 1. The fraction of sp³-hybridized carbons (Fsp3) is 0.533. The number of benzene rings is 1. The molecule has 4 nitrogen and oxygen atoms in total. The lowest BCUT2D eigenvalue weighted by molar-refractivity contribution is 0.195. The molecular weight excluding hydrogens is 238 g/mol. The average molecular weight is 263 g/mol. The average Bonchev–Trinajstić information content (AvgIpc) is 2.47. The molecule has 0 aliphatic heterocycles. The summed E-state index contributed by atoms with van der Waals surface area (Å²) in [5.41, 5.74) is 2.70. The molecule has 0 bridgehead atoms. The molecule has 4 heteroatoms. The van der Waals surface area contributed by atoms with Gasteiger partial charge in [-0.3, -0.25) is 4.99 Å². The van der Waals surface area contributed by atoms with Crippen LogP contribution in [0.1, 0.15) is 24.5 Å². The van der Waals surface area contributed by atoms with Crippen LogP contribution in [0.15, 0.2) is 29.3 Å². The van der Waals surface area contributed by atoms with Crippen molar-refractivity contribution in [1.29, 1.82) is 0 Å².